The van der Waals surface area contributed by atoms with E-state index in [9.17, 15) is 23.5 Å². The van der Waals surface area contributed by atoms with Gasteiger partial charge in [-0.05, 0) is 61.9 Å². The van der Waals surface area contributed by atoms with Crippen molar-refractivity contribution in [2.45, 2.75) is 72.0 Å². The number of hydrogen-bond acceptors (Lipinski definition) is 5. The van der Waals surface area contributed by atoms with Gasteiger partial charge in [-0.1, -0.05) is 32.0 Å². The third-order valence-electron chi connectivity index (χ3n) is 8.56. The Hall–Kier alpha value is -4.28. The fourth-order valence-electron chi connectivity index (χ4n) is 6.94. The minimum Gasteiger partial charge on any atom is -0.465 e. The maximum atomic E-state index is 14.3. The number of aromatic nitrogens is 3. The molecule has 0 bridgehead atoms. The predicted octanol–water partition coefficient (Wildman–Crippen LogP) is 6.79. The maximum Gasteiger partial charge on any atom is 0.407 e. The minimum atomic E-state index is -1.04. The number of amides is 2. The lowest BCUT2D eigenvalue weighted by molar-refractivity contribution is -0.117. The first-order valence-electron chi connectivity index (χ1n) is 14.1. The highest BCUT2D eigenvalue weighted by Crippen LogP contribution is 2.46. The van der Waals surface area contributed by atoms with E-state index in [4.69, 9.17) is 9.51 Å². The lowest BCUT2D eigenvalue weighted by Crippen LogP contribution is -2.46. The van der Waals surface area contributed by atoms with Gasteiger partial charge in [0, 0.05) is 30.3 Å². The van der Waals surface area contributed by atoms with Gasteiger partial charge in [0.1, 0.15) is 11.6 Å². The molecule has 2 aromatic heterocycles. The molecule has 4 heterocycles. The van der Waals surface area contributed by atoms with Crippen molar-refractivity contribution in [1.29, 1.82) is 0 Å². The van der Waals surface area contributed by atoms with Gasteiger partial charge < -0.3 is 24.0 Å². The molecule has 2 saturated heterocycles. The van der Waals surface area contributed by atoms with E-state index in [1.807, 2.05) is 52.8 Å². The number of carbonyl (C=O) groups is 2. The SMILES string of the molecule is Cc1noc(C)c1-c1ccc2c(c1)nc(C1CCC(=O)N1c1ccc(F)c(F)c1)n2C1CCN(C(=O)O)C1C(C)(C)C. The molecule has 9 nitrogen and oxygen atoms in total. The number of fused-ring (bicyclic) bond motifs is 1. The molecular formula is C31H33F2N5O4. The fourth-order valence-corrected chi connectivity index (χ4v) is 6.94. The number of carbonyl (C=O) groups excluding carboxylic acids is 1. The molecule has 6 rings (SSSR count). The Morgan fingerprint density at radius 1 is 1.07 bits per heavy atom. The number of rotatable bonds is 4. The second kappa shape index (κ2) is 9.92. The summed E-state index contributed by atoms with van der Waals surface area (Å²) in [5, 5.41) is 14.2. The monoisotopic (exact) mass is 577 g/mol. The Morgan fingerprint density at radius 2 is 1.83 bits per heavy atom. The van der Waals surface area contributed by atoms with Gasteiger partial charge in [0.15, 0.2) is 11.6 Å². The summed E-state index contributed by atoms with van der Waals surface area (Å²) in [6.45, 7) is 10.1. The number of likely N-dealkylation sites (tertiary alicyclic amines) is 1. The van der Waals surface area contributed by atoms with Crippen LogP contribution in [0.1, 0.15) is 69.4 Å². The van der Waals surface area contributed by atoms with Gasteiger partial charge >= 0.3 is 6.09 Å². The van der Waals surface area contributed by atoms with Crippen molar-refractivity contribution in [3.8, 4) is 11.1 Å². The van der Waals surface area contributed by atoms with Crippen LogP contribution < -0.4 is 4.90 Å². The van der Waals surface area contributed by atoms with Crippen molar-refractivity contribution in [2.75, 3.05) is 11.4 Å². The average Bonchev–Trinajstić information content (AvgIpc) is 3.68. The van der Waals surface area contributed by atoms with Gasteiger partial charge in [0.2, 0.25) is 5.91 Å². The van der Waals surface area contributed by atoms with Gasteiger partial charge in [0.05, 0.1) is 34.9 Å². The van der Waals surface area contributed by atoms with Crippen LogP contribution in [-0.2, 0) is 4.79 Å². The van der Waals surface area contributed by atoms with E-state index in [0.717, 1.165) is 34.5 Å². The Balaban J connectivity index is 1.57. The van der Waals surface area contributed by atoms with Gasteiger partial charge in [-0.25, -0.2) is 18.6 Å². The van der Waals surface area contributed by atoms with Crippen molar-refractivity contribution >= 4 is 28.7 Å². The summed E-state index contributed by atoms with van der Waals surface area (Å²) in [6, 6.07) is 8.15. The molecule has 2 aliphatic rings. The first-order valence-corrected chi connectivity index (χ1v) is 14.1. The van der Waals surface area contributed by atoms with Crippen LogP contribution in [0.4, 0.5) is 19.3 Å². The first kappa shape index (κ1) is 27.9. The Labute approximate surface area is 241 Å². The van der Waals surface area contributed by atoms with Gasteiger partial charge in [-0.3, -0.25) is 4.79 Å². The molecule has 0 aliphatic carbocycles. The van der Waals surface area contributed by atoms with Crippen molar-refractivity contribution in [1.82, 2.24) is 19.6 Å². The minimum absolute atomic E-state index is 0.214. The molecule has 3 unspecified atom stereocenters. The topological polar surface area (TPSA) is 105 Å². The van der Waals surface area contributed by atoms with Crippen molar-refractivity contribution in [3.63, 3.8) is 0 Å². The Morgan fingerprint density at radius 3 is 2.48 bits per heavy atom. The highest BCUT2D eigenvalue weighted by molar-refractivity contribution is 5.96. The molecule has 2 aromatic carbocycles. The van der Waals surface area contributed by atoms with Crippen LogP contribution >= 0.6 is 0 Å². The normalized spacial score (nSPS) is 21.2. The summed E-state index contributed by atoms with van der Waals surface area (Å²) in [4.78, 5) is 33.6. The molecule has 0 radical (unpaired) electrons. The largest absolute Gasteiger partial charge is 0.465 e. The summed E-state index contributed by atoms with van der Waals surface area (Å²) in [6.07, 6.45) is 0.215. The smallest absolute Gasteiger partial charge is 0.407 e. The second-order valence-electron chi connectivity index (χ2n) is 12.3. The van der Waals surface area contributed by atoms with Crippen LogP contribution in [0.15, 0.2) is 40.9 Å². The van der Waals surface area contributed by atoms with E-state index < -0.39 is 29.2 Å². The molecule has 0 spiro atoms. The van der Waals surface area contributed by atoms with Crippen LogP contribution in [0.2, 0.25) is 0 Å². The second-order valence-corrected chi connectivity index (χ2v) is 12.3. The van der Waals surface area contributed by atoms with Crippen LogP contribution in [0, 0.1) is 30.9 Å². The van der Waals surface area contributed by atoms with Crippen LogP contribution in [0.5, 0.6) is 0 Å². The third kappa shape index (κ3) is 4.42. The number of benzene rings is 2. The zero-order valence-corrected chi connectivity index (χ0v) is 24.2. The number of carboxylic acid groups (broad SMARTS) is 1. The van der Waals surface area contributed by atoms with Crippen LogP contribution in [0.3, 0.4) is 0 Å². The molecule has 220 valence electrons. The van der Waals surface area contributed by atoms with E-state index in [1.54, 1.807) is 0 Å². The quantitative estimate of drug-likeness (QED) is 0.286. The van der Waals surface area contributed by atoms with Gasteiger partial charge in [-0.2, -0.15) is 0 Å². The average molecular weight is 578 g/mol. The third-order valence-corrected chi connectivity index (χ3v) is 8.56. The molecule has 2 fully saturated rings. The highest BCUT2D eigenvalue weighted by atomic mass is 19.2. The number of imidazole rings is 1. The number of nitrogens with zero attached hydrogens (tertiary/aromatic N) is 5. The predicted molar refractivity (Wildman–Crippen MR) is 152 cm³/mol. The number of aryl methyl sites for hydroxylation is 2. The Bertz CT molecular complexity index is 1700. The Kier molecular flexibility index (Phi) is 6.58. The van der Waals surface area contributed by atoms with Crippen LogP contribution in [-0.4, -0.2) is 49.3 Å². The molecule has 2 amide bonds. The van der Waals surface area contributed by atoms with E-state index in [1.165, 1.54) is 15.9 Å². The van der Waals surface area contributed by atoms with Gasteiger partial charge in [0.25, 0.3) is 0 Å². The summed E-state index contributed by atoms with van der Waals surface area (Å²) in [5.74, 6) is -0.980. The lowest BCUT2D eigenvalue weighted by Gasteiger charge is -2.38. The number of hydrogen-bond donors (Lipinski definition) is 1. The first-order chi connectivity index (χ1) is 19.9. The summed E-state index contributed by atoms with van der Waals surface area (Å²) in [7, 11) is 0. The van der Waals surface area contributed by atoms with Crippen molar-refractivity contribution in [3.05, 3.63) is 65.3 Å². The van der Waals surface area contributed by atoms with Crippen LogP contribution in [0.25, 0.3) is 22.2 Å². The molecule has 4 aromatic rings. The lowest BCUT2D eigenvalue weighted by atomic mass is 9.82. The molecule has 3 atom stereocenters. The zero-order chi connectivity index (χ0) is 30.1. The number of anilines is 1. The maximum absolute atomic E-state index is 14.3. The summed E-state index contributed by atoms with van der Waals surface area (Å²) < 4.78 is 35.6. The highest BCUT2D eigenvalue weighted by Gasteiger charge is 2.47. The van der Waals surface area contributed by atoms with E-state index in [0.29, 0.717) is 36.5 Å². The fraction of sp³-hybridized carbons (Fsp3) is 0.419. The standard InChI is InChI=1S/C31H33F2N5O4/c1-16-27(17(2)42-35-16)18-6-9-23-22(14-18)34-29(38(23)24-12-13-36(30(40)41)28(24)31(3,4)5)25-10-11-26(39)37(25)19-7-8-20(32)21(33)15-19/h6-9,14-15,24-25,28H,10-13H2,1-5H3,(H,40,41). The molecule has 11 heteroatoms. The van der Waals surface area contributed by atoms with Gasteiger partial charge in [-0.15, -0.1) is 0 Å². The summed E-state index contributed by atoms with van der Waals surface area (Å²) in [5.41, 5.74) is 3.82. The van der Waals surface area contributed by atoms with Crippen molar-refractivity contribution < 1.29 is 28.0 Å². The van der Waals surface area contributed by atoms with Crippen molar-refractivity contribution in [2.24, 2.45) is 5.41 Å². The van der Waals surface area contributed by atoms with E-state index >= 15 is 0 Å². The molecule has 2 aliphatic heterocycles. The zero-order valence-electron chi connectivity index (χ0n) is 24.2. The molecule has 42 heavy (non-hydrogen) atoms. The summed E-state index contributed by atoms with van der Waals surface area (Å²) >= 11 is 0. The molecule has 0 saturated carbocycles. The molecular weight excluding hydrogens is 544 g/mol. The molecule has 1 N–H and O–H groups in total. The van der Waals surface area contributed by atoms with E-state index in [2.05, 4.69) is 9.72 Å². The van der Waals surface area contributed by atoms with E-state index in [-0.39, 0.29) is 30.1 Å². The number of halogens is 2.